The standard InChI is InChI=1S/C13H13ClF3NO3/c1-2-18(4-3-13(15,16)17)12(19)8-5-9(14)11-10(6-8)20-7-21-11/h5-6H,2-4,7H2,1H3. The van der Waals surface area contributed by atoms with E-state index in [1.165, 1.54) is 12.1 Å². The third-order valence-electron chi connectivity index (χ3n) is 3.01. The first-order valence-electron chi connectivity index (χ1n) is 6.27. The minimum atomic E-state index is -4.31. The van der Waals surface area contributed by atoms with Gasteiger partial charge in [0.1, 0.15) is 0 Å². The molecule has 2 rings (SSSR count). The molecule has 0 aromatic heterocycles. The number of fused-ring (bicyclic) bond motifs is 1. The van der Waals surface area contributed by atoms with Gasteiger partial charge in [-0.25, -0.2) is 0 Å². The Morgan fingerprint density at radius 2 is 2.10 bits per heavy atom. The summed E-state index contributed by atoms with van der Waals surface area (Å²) in [4.78, 5) is 13.4. The molecule has 4 nitrogen and oxygen atoms in total. The van der Waals surface area contributed by atoms with Crippen LogP contribution in [0.15, 0.2) is 12.1 Å². The molecule has 0 bridgehead atoms. The first kappa shape index (κ1) is 15.8. The van der Waals surface area contributed by atoms with Crippen LogP contribution in [0, 0.1) is 0 Å². The van der Waals surface area contributed by atoms with Crippen molar-refractivity contribution in [3.05, 3.63) is 22.7 Å². The van der Waals surface area contributed by atoms with Crippen LogP contribution in [-0.2, 0) is 0 Å². The van der Waals surface area contributed by atoms with E-state index in [1.54, 1.807) is 6.92 Å². The first-order valence-corrected chi connectivity index (χ1v) is 6.65. The zero-order chi connectivity index (χ0) is 15.6. The second-order valence-electron chi connectivity index (χ2n) is 4.44. The summed E-state index contributed by atoms with van der Waals surface area (Å²) in [6.45, 7) is 1.38. The molecule has 1 heterocycles. The lowest BCUT2D eigenvalue weighted by Gasteiger charge is -2.22. The van der Waals surface area contributed by atoms with Crippen molar-refractivity contribution < 1.29 is 27.4 Å². The van der Waals surface area contributed by atoms with E-state index in [-0.39, 0.29) is 23.9 Å². The Bertz CT molecular complexity index is 548. The Morgan fingerprint density at radius 3 is 2.71 bits per heavy atom. The zero-order valence-corrected chi connectivity index (χ0v) is 11.9. The summed E-state index contributed by atoms with van der Waals surface area (Å²) in [7, 11) is 0. The number of nitrogens with zero attached hydrogens (tertiary/aromatic N) is 1. The Balaban J connectivity index is 2.16. The maximum absolute atomic E-state index is 12.3. The van der Waals surface area contributed by atoms with E-state index in [1.807, 2.05) is 0 Å². The lowest BCUT2D eigenvalue weighted by atomic mass is 10.1. The maximum atomic E-state index is 12.3. The Morgan fingerprint density at radius 1 is 1.38 bits per heavy atom. The number of alkyl halides is 3. The van der Waals surface area contributed by atoms with Gasteiger partial charge >= 0.3 is 6.18 Å². The topological polar surface area (TPSA) is 38.8 Å². The van der Waals surface area contributed by atoms with E-state index in [4.69, 9.17) is 21.1 Å². The summed E-state index contributed by atoms with van der Waals surface area (Å²) in [6.07, 6.45) is -5.36. The second kappa shape index (κ2) is 6.01. The third-order valence-corrected chi connectivity index (χ3v) is 3.29. The molecule has 0 radical (unpaired) electrons. The molecule has 0 unspecified atom stereocenters. The van der Waals surface area contributed by atoms with Crippen LogP contribution in [0.5, 0.6) is 11.5 Å². The van der Waals surface area contributed by atoms with Crippen molar-refractivity contribution in [2.24, 2.45) is 0 Å². The molecule has 1 aromatic carbocycles. The van der Waals surface area contributed by atoms with Gasteiger partial charge in [0.15, 0.2) is 11.5 Å². The monoisotopic (exact) mass is 323 g/mol. The summed E-state index contributed by atoms with van der Waals surface area (Å²) in [6, 6.07) is 2.79. The van der Waals surface area contributed by atoms with Gasteiger partial charge in [0.2, 0.25) is 6.79 Å². The Kier molecular flexibility index (Phi) is 4.51. The number of amides is 1. The fourth-order valence-electron chi connectivity index (χ4n) is 1.94. The Labute approximate surface area is 124 Å². The minimum Gasteiger partial charge on any atom is -0.454 e. The summed E-state index contributed by atoms with van der Waals surface area (Å²) in [5.41, 5.74) is 0.174. The summed E-state index contributed by atoms with van der Waals surface area (Å²) in [5.74, 6) is 0.131. The SMILES string of the molecule is CCN(CCC(F)(F)F)C(=O)c1cc(Cl)c2c(c1)OCO2. The number of ether oxygens (including phenoxy) is 2. The number of rotatable bonds is 4. The number of carbonyl (C=O) groups excluding carboxylic acids is 1. The molecular formula is C13H13ClF3NO3. The molecule has 1 aromatic rings. The van der Waals surface area contributed by atoms with Crippen molar-refractivity contribution in [3.63, 3.8) is 0 Å². The van der Waals surface area contributed by atoms with Crippen molar-refractivity contribution in [2.45, 2.75) is 19.5 Å². The van der Waals surface area contributed by atoms with Gasteiger partial charge in [-0.3, -0.25) is 4.79 Å². The van der Waals surface area contributed by atoms with Crippen LogP contribution < -0.4 is 9.47 Å². The third kappa shape index (κ3) is 3.72. The largest absolute Gasteiger partial charge is 0.454 e. The number of hydrogen-bond acceptors (Lipinski definition) is 3. The molecule has 8 heteroatoms. The minimum absolute atomic E-state index is 0.00172. The van der Waals surface area contributed by atoms with E-state index < -0.39 is 25.0 Å². The van der Waals surface area contributed by atoms with Crippen LogP contribution in [0.25, 0.3) is 0 Å². The molecule has 0 fully saturated rings. The van der Waals surface area contributed by atoms with E-state index in [0.717, 1.165) is 4.90 Å². The fraction of sp³-hybridized carbons (Fsp3) is 0.462. The number of hydrogen-bond donors (Lipinski definition) is 0. The Hall–Kier alpha value is -1.63. The van der Waals surface area contributed by atoms with E-state index >= 15 is 0 Å². The van der Waals surface area contributed by atoms with Gasteiger partial charge in [0, 0.05) is 18.7 Å². The van der Waals surface area contributed by atoms with Crippen molar-refractivity contribution in [1.29, 1.82) is 0 Å². The highest BCUT2D eigenvalue weighted by molar-refractivity contribution is 6.32. The van der Waals surface area contributed by atoms with Gasteiger partial charge in [-0.2, -0.15) is 13.2 Å². The van der Waals surface area contributed by atoms with Crippen molar-refractivity contribution in [1.82, 2.24) is 4.90 Å². The van der Waals surface area contributed by atoms with Gasteiger partial charge in [0.25, 0.3) is 5.91 Å². The molecule has 0 atom stereocenters. The van der Waals surface area contributed by atoms with Crippen LogP contribution in [-0.4, -0.2) is 36.9 Å². The zero-order valence-electron chi connectivity index (χ0n) is 11.2. The molecular weight excluding hydrogens is 311 g/mol. The number of carbonyl (C=O) groups is 1. The molecule has 0 saturated heterocycles. The van der Waals surface area contributed by atoms with Crippen LogP contribution in [0.4, 0.5) is 13.2 Å². The predicted molar refractivity (Wildman–Crippen MR) is 69.8 cm³/mol. The highest BCUT2D eigenvalue weighted by atomic mass is 35.5. The predicted octanol–water partition coefficient (Wildman–Crippen LogP) is 3.48. The summed E-state index contributed by atoms with van der Waals surface area (Å²) in [5, 5.41) is 0.195. The second-order valence-corrected chi connectivity index (χ2v) is 4.85. The summed E-state index contributed by atoms with van der Waals surface area (Å²) < 4.78 is 47.1. The summed E-state index contributed by atoms with van der Waals surface area (Å²) >= 11 is 5.96. The first-order chi connectivity index (χ1) is 9.81. The molecule has 0 N–H and O–H groups in total. The van der Waals surface area contributed by atoms with Crippen LogP contribution in [0.3, 0.4) is 0 Å². The average Bonchev–Trinajstić information content (AvgIpc) is 2.86. The molecule has 0 spiro atoms. The van der Waals surface area contributed by atoms with Crippen molar-refractivity contribution >= 4 is 17.5 Å². The van der Waals surface area contributed by atoms with E-state index in [2.05, 4.69) is 0 Å². The molecule has 0 aliphatic carbocycles. The lowest BCUT2D eigenvalue weighted by Crippen LogP contribution is -2.34. The molecule has 1 aliphatic rings. The van der Waals surface area contributed by atoms with Gasteiger partial charge in [-0.1, -0.05) is 11.6 Å². The van der Waals surface area contributed by atoms with Crippen molar-refractivity contribution in [2.75, 3.05) is 19.9 Å². The normalized spacial score (nSPS) is 13.4. The van der Waals surface area contributed by atoms with Crippen LogP contribution in [0.2, 0.25) is 5.02 Å². The molecule has 1 amide bonds. The molecule has 1 aliphatic heterocycles. The van der Waals surface area contributed by atoms with Crippen molar-refractivity contribution in [3.8, 4) is 11.5 Å². The van der Waals surface area contributed by atoms with Crippen LogP contribution in [0.1, 0.15) is 23.7 Å². The lowest BCUT2D eigenvalue weighted by molar-refractivity contribution is -0.136. The van der Waals surface area contributed by atoms with E-state index in [0.29, 0.717) is 11.5 Å². The maximum Gasteiger partial charge on any atom is 0.390 e. The van der Waals surface area contributed by atoms with Gasteiger partial charge < -0.3 is 14.4 Å². The van der Waals surface area contributed by atoms with Gasteiger partial charge in [-0.15, -0.1) is 0 Å². The fourth-order valence-corrected chi connectivity index (χ4v) is 2.20. The number of benzene rings is 1. The van der Waals surface area contributed by atoms with Gasteiger partial charge in [-0.05, 0) is 19.1 Å². The molecule has 116 valence electrons. The highest BCUT2D eigenvalue weighted by Gasteiger charge is 2.29. The van der Waals surface area contributed by atoms with Crippen LogP contribution >= 0.6 is 11.6 Å². The highest BCUT2D eigenvalue weighted by Crippen LogP contribution is 2.40. The number of halogens is 4. The smallest absolute Gasteiger partial charge is 0.390 e. The molecule has 21 heavy (non-hydrogen) atoms. The quantitative estimate of drug-likeness (QED) is 0.851. The molecule has 0 saturated carbocycles. The average molecular weight is 324 g/mol. The van der Waals surface area contributed by atoms with Gasteiger partial charge in [0.05, 0.1) is 11.4 Å². The van der Waals surface area contributed by atoms with E-state index in [9.17, 15) is 18.0 Å².